The summed E-state index contributed by atoms with van der Waals surface area (Å²) in [5.41, 5.74) is 3.09. The average Bonchev–Trinajstić information content (AvgIpc) is 3.39. The number of rotatable bonds is 10. The lowest BCUT2D eigenvalue weighted by atomic mass is 9.86. The van der Waals surface area contributed by atoms with E-state index in [1.54, 1.807) is 49.6 Å². The van der Waals surface area contributed by atoms with Crippen LogP contribution in [0.5, 0.6) is 5.75 Å². The summed E-state index contributed by atoms with van der Waals surface area (Å²) in [7, 11) is 1.56. The molecule has 1 atom stereocenters. The second-order valence-corrected chi connectivity index (χ2v) is 11.3. The maximum absolute atomic E-state index is 14.1. The number of nitrogens with zero attached hydrogens (tertiary/aromatic N) is 1. The van der Waals surface area contributed by atoms with Crippen molar-refractivity contribution in [1.29, 1.82) is 0 Å². The van der Waals surface area contributed by atoms with E-state index in [2.05, 4.69) is 9.97 Å². The van der Waals surface area contributed by atoms with Crippen LogP contribution in [-0.4, -0.2) is 33.9 Å². The summed E-state index contributed by atoms with van der Waals surface area (Å²) in [6.07, 6.45) is 1.71. The van der Waals surface area contributed by atoms with Crippen LogP contribution in [0.15, 0.2) is 66.7 Å². The van der Waals surface area contributed by atoms with Crippen LogP contribution in [0.25, 0.3) is 33.5 Å². The van der Waals surface area contributed by atoms with Crippen LogP contribution in [0.1, 0.15) is 58.4 Å². The first-order chi connectivity index (χ1) is 20.6. The molecule has 0 aliphatic rings. The van der Waals surface area contributed by atoms with Crippen LogP contribution in [0.2, 0.25) is 15.1 Å². The Kier molecular flexibility index (Phi) is 9.06. The number of methoxy groups -OCH3 is 1. The molecule has 0 fully saturated rings. The number of H-pyrrole nitrogens is 1. The molecule has 6 nitrogen and oxygen atoms in total. The number of nitrogens with one attached hydrogen (secondary N) is 1. The van der Waals surface area contributed by atoms with E-state index in [0.29, 0.717) is 44.3 Å². The fraction of sp³-hybridized carbons (Fsp3) is 0.182. The molecular weight excluding hydrogens is 614 g/mol. The fourth-order valence-electron chi connectivity index (χ4n) is 5.32. The number of carbonyl (C=O) groups excluding carboxylic acids is 1. The van der Waals surface area contributed by atoms with Gasteiger partial charge in [0.2, 0.25) is 0 Å². The van der Waals surface area contributed by atoms with Gasteiger partial charge in [-0.25, -0.2) is 14.2 Å². The van der Waals surface area contributed by atoms with E-state index >= 15 is 0 Å². The van der Waals surface area contributed by atoms with E-state index in [1.165, 1.54) is 18.2 Å². The average molecular weight is 640 g/mol. The van der Waals surface area contributed by atoms with Crippen molar-refractivity contribution in [3.63, 3.8) is 0 Å². The maximum Gasteiger partial charge on any atom is 0.336 e. The van der Waals surface area contributed by atoms with Gasteiger partial charge >= 0.3 is 5.97 Å². The van der Waals surface area contributed by atoms with E-state index < -0.39 is 11.8 Å². The number of aromatic amines is 1. The predicted octanol–water partition coefficient (Wildman–Crippen LogP) is 9.86. The first kappa shape index (κ1) is 30.5. The molecule has 0 bridgehead atoms. The summed E-state index contributed by atoms with van der Waals surface area (Å²) in [6.45, 7) is 2.03. The van der Waals surface area contributed by atoms with Gasteiger partial charge in [-0.3, -0.25) is 4.79 Å². The summed E-state index contributed by atoms with van der Waals surface area (Å²) in [4.78, 5) is 33.7. The third-order valence-electron chi connectivity index (χ3n) is 7.34. The molecule has 0 saturated carbocycles. The summed E-state index contributed by atoms with van der Waals surface area (Å²) in [5.74, 6) is -1.23. The molecule has 220 valence electrons. The zero-order valence-electron chi connectivity index (χ0n) is 23.2. The second-order valence-electron chi connectivity index (χ2n) is 10.1. The van der Waals surface area contributed by atoms with Gasteiger partial charge < -0.3 is 14.8 Å². The van der Waals surface area contributed by atoms with Crippen molar-refractivity contribution < 1.29 is 23.8 Å². The van der Waals surface area contributed by atoms with Crippen LogP contribution < -0.4 is 4.74 Å². The predicted molar refractivity (Wildman–Crippen MR) is 169 cm³/mol. The first-order valence-electron chi connectivity index (χ1n) is 13.5. The number of halogens is 4. The smallest absolute Gasteiger partial charge is 0.336 e. The molecule has 1 unspecified atom stereocenters. The number of ether oxygens (including phenoxy) is 1. The highest BCUT2D eigenvalue weighted by Gasteiger charge is 2.24. The maximum atomic E-state index is 14.1. The Labute approximate surface area is 262 Å². The minimum atomic E-state index is -1.22. The van der Waals surface area contributed by atoms with E-state index in [-0.39, 0.29) is 39.3 Å². The summed E-state index contributed by atoms with van der Waals surface area (Å²) >= 11 is 18.7. The largest absolute Gasteiger partial charge is 0.496 e. The lowest BCUT2D eigenvalue weighted by Crippen LogP contribution is -2.11. The zero-order valence-corrected chi connectivity index (χ0v) is 25.4. The molecule has 4 aromatic carbocycles. The van der Waals surface area contributed by atoms with Gasteiger partial charge in [0.15, 0.2) is 5.78 Å². The molecule has 5 aromatic rings. The number of carbonyl (C=O) groups is 2. The van der Waals surface area contributed by atoms with Gasteiger partial charge in [-0.2, -0.15) is 0 Å². The van der Waals surface area contributed by atoms with Crippen molar-refractivity contribution in [2.75, 3.05) is 7.11 Å². The van der Waals surface area contributed by atoms with Crippen LogP contribution in [0.4, 0.5) is 4.39 Å². The molecule has 5 rings (SSSR count). The van der Waals surface area contributed by atoms with Crippen molar-refractivity contribution in [3.8, 4) is 28.3 Å². The van der Waals surface area contributed by atoms with Gasteiger partial charge in [-0.1, -0.05) is 78.5 Å². The number of hydrogen-bond donors (Lipinski definition) is 2. The molecule has 0 amide bonds. The molecule has 0 aliphatic heterocycles. The number of ketones is 1. The number of imidazole rings is 1. The third kappa shape index (κ3) is 6.25. The quantitative estimate of drug-likeness (QED) is 0.148. The van der Waals surface area contributed by atoms with Gasteiger partial charge in [0, 0.05) is 39.2 Å². The highest BCUT2D eigenvalue weighted by atomic mass is 35.5. The Bertz CT molecular complexity index is 1830. The van der Waals surface area contributed by atoms with Crippen LogP contribution in [0, 0.1) is 5.82 Å². The molecule has 43 heavy (non-hydrogen) atoms. The van der Waals surface area contributed by atoms with Crippen molar-refractivity contribution in [2.24, 2.45) is 0 Å². The lowest BCUT2D eigenvalue weighted by molar-refractivity contribution is 0.0697. The number of benzene rings is 4. The molecule has 1 heterocycles. The fourth-order valence-corrected chi connectivity index (χ4v) is 5.92. The SMILES string of the molecule is CCCC(CC(=O)c1ccc(-c2c(Cl)cccc2-c2nc3cc(Cl)c(F)cc3[nH]2)c(C(=O)O)c1)c1ccc(Cl)cc1OC. The summed E-state index contributed by atoms with van der Waals surface area (Å²) in [6, 6.07) is 17.6. The van der Waals surface area contributed by atoms with E-state index in [0.717, 1.165) is 18.4 Å². The minimum Gasteiger partial charge on any atom is -0.496 e. The molecule has 10 heteroatoms. The molecule has 0 spiro atoms. The second kappa shape index (κ2) is 12.8. The standard InChI is InChI=1S/C33H26Cl3FN2O4/c1-3-5-17(20-11-9-19(34)14-30(20)43-2)13-29(40)18-8-10-21(23(12-18)33(41)42)31-22(6-4-7-24(31)35)32-38-27-15-25(36)26(37)16-28(27)39-32/h4,6-12,14-17H,3,5,13H2,1-2H3,(H,38,39)(H,41,42). The van der Waals surface area contributed by atoms with Gasteiger partial charge in [-0.15, -0.1) is 0 Å². The number of carboxylic acids is 1. The Balaban J connectivity index is 1.55. The van der Waals surface area contributed by atoms with Gasteiger partial charge in [0.05, 0.1) is 28.7 Å². The van der Waals surface area contributed by atoms with Crippen molar-refractivity contribution in [2.45, 2.75) is 32.1 Å². The van der Waals surface area contributed by atoms with E-state index in [1.807, 2.05) is 13.0 Å². The zero-order chi connectivity index (χ0) is 30.8. The molecule has 0 saturated heterocycles. The Morgan fingerprint density at radius 1 is 1.00 bits per heavy atom. The Hall–Kier alpha value is -3.91. The normalized spacial score (nSPS) is 12.0. The topological polar surface area (TPSA) is 92.3 Å². The van der Waals surface area contributed by atoms with Crippen molar-refractivity contribution in [1.82, 2.24) is 9.97 Å². The number of carboxylic acid groups (broad SMARTS) is 1. The monoisotopic (exact) mass is 638 g/mol. The van der Waals surface area contributed by atoms with Gasteiger partial charge in [0.25, 0.3) is 0 Å². The molecule has 2 N–H and O–H groups in total. The number of hydrogen-bond acceptors (Lipinski definition) is 4. The number of fused-ring (bicyclic) bond motifs is 1. The van der Waals surface area contributed by atoms with E-state index in [4.69, 9.17) is 39.5 Å². The third-order valence-corrected chi connectivity index (χ3v) is 8.18. The minimum absolute atomic E-state index is 0.0685. The summed E-state index contributed by atoms with van der Waals surface area (Å²) in [5, 5.41) is 11.0. The van der Waals surface area contributed by atoms with E-state index in [9.17, 15) is 19.1 Å². The number of Topliss-reactive ketones (excluding diaryl/α,β-unsaturated/α-hetero) is 1. The lowest BCUT2D eigenvalue weighted by Gasteiger charge is -2.20. The Morgan fingerprint density at radius 3 is 2.51 bits per heavy atom. The van der Waals surface area contributed by atoms with Crippen LogP contribution >= 0.6 is 34.8 Å². The molecular formula is C33H26Cl3FN2O4. The van der Waals surface area contributed by atoms with Crippen LogP contribution in [-0.2, 0) is 0 Å². The highest BCUT2D eigenvalue weighted by Crippen LogP contribution is 2.40. The number of aromatic nitrogens is 2. The van der Waals surface area contributed by atoms with Gasteiger partial charge in [-0.05, 0) is 53.8 Å². The first-order valence-corrected chi connectivity index (χ1v) is 14.6. The highest BCUT2D eigenvalue weighted by molar-refractivity contribution is 6.34. The van der Waals surface area contributed by atoms with Crippen molar-refractivity contribution in [3.05, 3.63) is 104 Å². The number of aromatic carboxylic acids is 1. The van der Waals surface area contributed by atoms with Gasteiger partial charge in [0.1, 0.15) is 17.4 Å². The molecule has 1 aromatic heterocycles. The van der Waals surface area contributed by atoms with Crippen molar-refractivity contribution >= 4 is 57.6 Å². The van der Waals surface area contributed by atoms with Crippen LogP contribution in [0.3, 0.4) is 0 Å². The molecule has 0 aliphatic carbocycles. The Morgan fingerprint density at radius 2 is 1.79 bits per heavy atom. The summed E-state index contributed by atoms with van der Waals surface area (Å²) < 4.78 is 19.6. The molecule has 0 radical (unpaired) electrons.